The summed E-state index contributed by atoms with van der Waals surface area (Å²) in [7, 11) is 0. The molecule has 0 saturated heterocycles. The van der Waals surface area contributed by atoms with Crippen molar-refractivity contribution < 1.29 is 0 Å². The second-order valence-electron chi connectivity index (χ2n) is 4.72. The van der Waals surface area contributed by atoms with Crippen molar-refractivity contribution in [2.45, 2.75) is 43.3 Å². The van der Waals surface area contributed by atoms with E-state index in [0.717, 1.165) is 12.0 Å². The van der Waals surface area contributed by atoms with Crippen molar-refractivity contribution in [3.05, 3.63) is 45.3 Å². The van der Waals surface area contributed by atoms with E-state index in [1.54, 1.807) is 4.57 Å². The fraction of sp³-hybridized carbons (Fsp3) is 0.429. The van der Waals surface area contributed by atoms with Gasteiger partial charge in [0.15, 0.2) is 5.16 Å². The average Bonchev–Trinajstić information content (AvgIpc) is 2.83. The molecule has 1 aromatic carbocycles. The molecule has 0 fully saturated rings. The Morgan fingerprint density at radius 2 is 2.24 bits per heavy atom. The first-order valence-electron chi connectivity index (χ1n) is 6.89. The molecule has 2 atom stereocenters. The quantitative estimate of drug-likeness (QED) is 0.800. The molecule has 5 nitrogen and oxygen atoms in total. The van der Waals surface area contributed by atoms with Gasteiger partial charge in [0.25, 0.3) is 0 Å². The van der Waals surface area contributed by atoms with Gasteiger partial charge in [-0.25, -0.2) is 9.89 Å². The van der Waals surface area contributed by atoms with Crippen molar-refractivity contribution in [1.82, 2.24) is 14.8 Å². The number of H-pyrrole nitrogens is 1. The number of hydrogen-bond donors (Lipinski definition) is 2. The van der Waals surface area contributed by atoms with Gasteiger partial charge in [-0.3, -0.25) is 4.57 Å². The minimum Gasteiger partial charge on any atom is -0.326 e. The summed E-state index contributed by atoms with van der Waals surface area (Å²) in [6, 6.07) is 7.60. The average molecular weight is 327 g/mol. The summed E-state index contributed by atoms with van der Waals surface area (Å²) in [6.07, 6.45) is 0.824. The number of aromatic amines is 1. The van der Waals surface area contributed by atoms with E-state index in [4.69, 9.17) is 17.3 Å². The lowest BCUT2D eigenvalue weighted by Crippen LogP contribution is -2.26. The topological polar surface area (TPSA) is 76.7 Å². The molecule has 21 heavy (non-hydrogen) atoms. The van der Waals surface area contributed by atoms with Crippen molar-refractivity contribution in [3.8, 4) is 0 Å². The van der Waals surface area contributed by atoms with Crippen LogP contribution in [0, 0.1) is 0 Å². The monoisotopic (exact) mass is 326 g/mol. The molecule has 3 N–H and O–H groups in total. The largest absolute Gasteiger partial charge is 0.343 e. The predicted molar refractivity (Wildman–Crippen MR) is 86.8 cm³/mol. The molecule has 0 bridgehead atoms. The summed E-state index contributed by atoms with van der Waals surface area (Å²) in [5.41, 5.74) is 7.10. The smallest absolute Gasteiger partial charge is 0.326 e. The van der Waals surface area contributed by atoms with Crippen molar-refractivity contribution in [3.63, 3.8) is 0 Å². The highest BCUT2D eigenvalue weighted by Gasteiger charge is 2.23. The van der Waals surface area contributed by atoms with Crippen LogP contribution < -0.4 is 11.4 Å². The van der Waals surface area contributed by atoms with Gasteiger partial charge in [-0.1, -0.05) is 42.4 Å². The zero-order valence-corrected chi connectivity index (χ0v) is 13.6. The lowest BCUT2D eigenvalue weighted by atomic mass is 10.0. The Balaban J connectivity index is 2.35. The summed E-state index contributed by atoms with van der Waals surface area (Å²) in [5, 5.41) is 7.90. The fourth-order valence-electron chi connectivity index (χ4n) is 2.09. The van der Waals surface area contributed by atoms with Gasteiger partial charge in [-0.15, -0.1) is 5.10 Å². The number of rotatable bonds is 6. The number of nitrogens with zero attached hydrogens (tertiary/aromatic N) is 2. The maximum Gasteiger partial charge on any atom is 0.343 e. The highest BCUT2D eigenvalue weighted by Crippen LogP contribution is 2.37. The molecule has 0 amide bonds. The molecule has 2 unspecified atom stereocenters. The predicted octanol–water partition coefficient (Wildman–Crippen LogP) is 2.82. The zero-order chi connectivity index (χ0) is 15.4. The summed E-state index contributed by atoms with van der Waals surface area (Å²) >= 11 is 7.57. The number of hydrogen-bond acceptors (Lipinski definition) is 4. The lowest BCUT2D eigenvalue weighted by molar-refractivity contribution is 0.621. The van der Waals surface area contributed by atoms with Crippen LogP contribution in [-0.2, 0) is 6.54 Å². The first kappa shape index (κ1) is 16.1. The van der Waals surface area contributed by atoms with Gasteiger partial charge in [0.1, 0.15) is 0 Å². The molecule has 1 heterocycles. The van der Waals surface area contributed by atoms with E-state index in [-0.39, 0.29) is 17.0 Å². The van der Waals surface area contributed by atoms with Gasteiger partial charge in [-0.05, 0) is 31.0 Å². The highest BCUT2D eigenvalue weighted by molar-refractivity contribution is 7.99. The summed E-state index contributed by atoms with van der Waals surface area (Å²) in [4.78, 5) is 11.7. The van der Waals surface area contributed by atoms with Crippen molar-refractivity contribution in [1.29, 1.82) is 0 Å². The van der Waals surface area contributed by atoms with E-state index in [1.807, 2.05) is 38.1 Å². The zero-order valence-electron chi connectivity index (χ0n) is 12.0. The summed E-state index contributed by atoms with van der Waals surface area (Å²) in [5.74, 6) is 0. The van der Waals surface area contributed by atoms with E-state index in [0.29, 0.717) is 16.7 Å². The SMILES string of the molecule is CCC(N)C(Sc1n[nH]c(=O)n1CC)c1cccc(Cl)c1. The Bertz CT molecular complexity index is 654. The fourth-order valence-corrected chi connectivity index (χ4v) is 3.60. The van der Waals surface area contributed by atoms with E-state index < -0.39 is 0 Å². The van der Waals surface area contributed by atoms with Crippen LogP contribution >= 0.6 is 23.4 Å². The standard InChI is InChI=1S/C14H19ClN4OS/c1-3-11(16)12(9-6-5-7-10(15)8-9)21-14-18-17-13(20)19(14)4-2/h5-8,11-12H,3-4,16H2,1-2H3,(H,17,20). The van der Waals surface area contributed by atoms with E-state index >= 15 is 0 Å². The van der Waals surface area contributed by atoms with Crippen LogP contribution in [0.25, 0.3) is 0 Å². The van der Waals surface area contributed by atoms with Gasteiger partial charge in [-0.2, -0.15) is 0 Å². The van der Waals surface area contributed by atoms with E-state index in [9.17, 15) is 4.79 Å². The molecule has 2 rings (SSSR count). The van der Waals surface area contributed by atoms with Gasteiger partial charge >= 0.3 is 5.69 Å². The normalized spacial score (nSPS) is 14.1. The van der Waals surface area contributed by atoms with Crippen LogP contribution in [0.5, 0.6) is 0 Å². The Morgan fingerprint density at radius 1 is 1.48 bits per heavy atom. The summed E-state index contributed by atoms with van der Waals surface area (Å²) in [6.45, 7) is 4.52. The minimum atomic E-state index is -0.199. The molecule has 7 heteroatoms. The van der Waals surface area contributed by atoms with Crippen LogP contribution in [0.4, 0.5) is 0 Å². The molecule has 2 aromatic rings. The van der Waals surface area contributed by atoms with Crippen molar-refractivity contribution in [2.75, 3.05) is 0 Å². The molecular formula is C14H19ClN4OS. The summed E-state index contributed by atoms with van der Waals surface area (Å²) < 4.78 is 1.60. The Hall–Kier alpha value is -1.24. The van der Waals surface area contributed by atoms with Crippen LogP contribution in [0.1, 0.15) is 31.1 Å². The Kier molecular flexibility index (Phi) is 5.50. The number of benzene rings is 1. The molecule has 1 aromatic heterocycles. The van der Waals surface area contributed by atoms with E-state index in [2.05, 4.69) is 10.2 Å². The first-order chi connectivity index (χ1) is 10.1. The number of nitrogens with one attached hydrogen (secondary N) is 1. The molecule has 0 aliphatic carbocycles. The highest BCUT2D eigenvalue weighted by atomic mass is 35.5. The minimum absolute atomic E-state index is 0.00537. The van der Waals surface area contributed by atoms with Crippen LogP contribution in [0.3, 0.4) is 0 Å². The van der Waals surface area contributed by atoms with Gasteiger partial charge in [0.2, 0.25) is 0 Å². The number of thioether (sulfide) groups is 1. The number of aromatic nitrogens is 3. The van der Waals surface area contributed by atoms with Gasteiger partial charge in [0.05, 0.1) is 5.25 Å². The Morgan fingerprint density at radius 3 is 2.86 bits per heavy atom. The van der Waals surface area contributed by atoms with Gasteiger partial charge in [0, 0.05) is 17.6 Å². The first-order valence-corrected chi connectivity index (χ1v) is 8.15. The number of halogens is 1. The maximum absolute atomic E-state index is 11.7. The van der Waals surface area contributed by atoms with Gasteiger partial charge < -0.3 is 5.73 Å². The third-order valence-corrected chi connectivity index (χ3v) is 4.94. The maximum atomic E-state index is 11.7. The third kappa shape index (κ3) is 3.70. The lowest BCUT2D eigenvalue weighted by Gasteiger charge is -2.22. The van der Waals surface area contributed by atoms with E-state index in [1.165, 1.54) is 11.8 Å². The molecule has 0 aliphatic rings. The molecule has 0 saturated carbocycles. The number of nitrogens with two attached hydrogens (primary N) is 1. The molecule has 0 radical (unpaired) electrons. The van der Waals surface area contributed by atoms with Crippen molar-refractivity contribution in [2.24, 2.45) is 5.73 Å². The second-order valence-corrected chi connectivity index (χ2v) is 6.27. The molecular weight excluding hydrogens is 308 g/mol. The second kappa shape index (κ2) is 7.15. The molecule has 0 aliphatic heterocycles. The van der Waals surface area contributed by atoms with Crippen LogP contribution in [-0.4, -0.2) is 20.8 Å². The molecule has 0 spiro atoms. The van der Waals surface area contributed by atoms with Crippen molar-refractivity contribution >= 4 is 23.4 Å². The van der Waals surface area contributed by atoms with Crippen LogP contribution in [0.2, 0.25) is 5.02 Å². The Labute approximate surface area is 132 Å². The van der Waals surface area contributed by atoms with Crippen LogP contribution in [0.15, 0.2) is 34.2 Å². The molecule has 114 valence electrons. The third-order valence-electron chi connectivity index (χ3n) is 3.31.